The summed E-state index contributed by atoms with van der Waals surface area (Å²) < 4.78 is 37.1. The van der Waals surface area contributed by atoms with Crippen molar-refractivity contribution in [3.05, 3.63) is 63.5 Å². The van der Waals surface area contributed by atoms with E-state index in [9.17, 15) is 9.18 Å². The fourth-order valence-electron chi connectivity index (χ4n) is 3.49. The predicted octanol–water partition coefficient (Wildman–Crippen LogP) is 5.14. The molecule has 0 N–H and O–H groups in total. The summed E-state index contributed by atoms with van der Waals surface area (Å²) in [6.07, 6.45) is 1.85. The Balaban J connectivity index is 1.53. The van der Waals surface area contributed by atoms with Crippen LogP contribution in [0.1, 0.15) is 35.3 Å². The zero-order valence-electron chi connectivity index (χ0n) is 16.6. The van der Waals surface area contributed by atoms with Crippen LogP contribution in [0.25, 0.3) is 10.1 Å². The number of ether oxygens (including phenoxy) is 3. The summed E-state index contributed by atoms with van der Waals surface area (Å²) >= 11 is 4.59. The minimum absolute atomic E-state index is 0.0829. The number of fused-ring (bicyclic) bond motifs is 1. The zero-order chi connectivity index (χ0) is 21.3. The summed E-state index contributed by atoms with van der Waals surface area (Å²) in [7, 11) is 0. The van der Waals surface area contributed by atoms with Crippen molar-refractivity contribution in [1.82, 2.24) is 4.37 Å². The van der Waals surface area contributed by atoms with Gasteiger partial charge in [0, 0.05) is 28.0 Å². The largest absolute Gasteiger partial charge is 0.371 e. The highest BCUT2D eigenvalue weighted by molar-refractivity contribution is 9.10. The number of hydrogen-bond donors (Lipinski definition) is 0. The summed E-state index contributed by atoms with van der Waals surface area (Å²) in [5.74, 6) is -1.10. The summed E-state index contributed by atoms with van der Waals surface area (Å²) in [4.78, 5) is 12.9. The van der Waals surface area contributed by atoms with Crippen molar-refractivity contribution in [3.63, 3.8) is 0 Å². The first-order valence-corrected chi connectivity index (χ1v) is 11.1. The van der Waals surface area contributed by atoms with E-state index in [1.165, 1.54) is 17.6 Å². The first-order valence-electron chi connectivity index (χ1n) is 9.55. The van der Waals surface area contributed by atoms with Gasteiger partial charge in [-0.3, -0.25) is 4.79 Å². The lowest BCUT2D eigenvalue weighted by Crippen LogP contribution is -2.25. The Kier molecular flexibility index (Phi) is 6.31. The number of carbonyl (C=O) groups excluding carboxylic acids is 1. The van der Waals surface area contributed by atoms with Crippen LogP contribution in [0.15, 0.2) is 41.0 Å². The number of nitrogens with zero attached hydrogens (tertiary/aromatic N) is 1. The number of hydrogen-bond acceptors (Lipinski definition) is 6. The third-order valence-corrected chi connectivity index (χ3v) is 6.28. The van der Waals surface area contributed by atoms with E-state index in [-0.39, 0.29) is 30.9 Å². The number of aromatic nitrogens is 1. The van der Waals surface area contributed by atoms with Crippen LogP contribution in [0.3, 0.4) is 0 Å². The highest BCUT2D eigenvalue weighted by atomic mass is 79.9. The van der Waals surface area contributed by atoms with E-state index in [4.69, 9.17) is 14.2 Å². The normalized spacial score (nSPS) is 18.2. The molecule has 158 valence electrons. The third kappa shape index (κ3) is 4.78. The van der Waals surface area contributed by atoms with Gasteiger partial charge in [0.05, 0.1) is 17.9 Å². The Labute approximate surface area is 186 Å². The Morgan fingerprint density at radius 1 is 1.37 bits per heavy atom. The maximum absolute atomic E-state index is 14.5. The molecule has 0 spiro atoms. The molecule has 0 bridgehead atoms. The van der Waals surface area contributed by atoms with Crippen LogP contribution < -0.4 is 0 Å². The summed E-state index contributed by atoms with van der Waals surface area (Å²) in [6, 6.07) is 8.58. The molecule has 30 heavy (non-hydrogen) atoms. The molecule has 8 heteroatoms. The van der Waals surface area contributed by atoms with Crippen molar-refractivity contribution in [2.45, 2.75) is 32.2 Å². The average Bonchev–Trinajstić information content (AvgIpc) is 3.30. The Morgan fingerprint density at radius 2 is 2.20 bits per heavy atom. The van der Waals surface area contributed by atoms with E-state index in [1.54, 1.807) is 24.4 Å². The topological polar surface area (TPSA) is 57.7 Å². The molecule has 5 nitrogen and oxygen atoms in total. The van der Waals surface area contributed by atoms with Crippen molar-refractivity contribution in [2.75, 3.05) is 19.8 Å². The van der Waals surface area contributed by atoms with E-state index >= 15 is 0 Å². The maximum Gasteiger partial charge on any atom is 0.188 e. The number of halogens is 2. The summed E-state index contributed by atoms with van der Waals surface area (Å²) in [6.45, 7) is 4.31. The number of rotatable bonds is 7. The number of benzene rings is 2. The number of Topliss-reactive ketones (excluding diaryl/α,β-unsaturated/α-hetero) is 1. The lowest BCUT2D eigenvalue weighted by molar-refractivity contribution is -0.144. The molecule has 1 aromatic heterocycles. The van der Waals surface area contributed by atoms with Crippen LogP contribution in [0, 0.1) is 5.82 Å². The zero-order valence-corrected chi connectivity index (χ0v) is 19.0. The molecule has 0 aliphatic carbocycles. The minimum Gasteiger partial charge on any atom is -0.371 e. The van der Waals surface area contributed by atoms with Gasteiger partial charge in [-0.1, -0.05) is 34.1 Å². The fourth-order valence-corrected chi connectivity index (χ4v) is 4.61. The molecule has 1 fully saturated rings. The molecule has 2 aromatic carbocycles. The molecule has 1 atom stereocenters. The van der Waals surface area contributed by atoms with Crippen molar-refractivity contribution >= 4 is 43.3 Å². The Bertz CT molecular complexity index is 1080. The molecule has 0 radical (unpaired) electrons. The lowest BCUT2D eigenvalue weighted by Gasteiger charge is -2.17. The Hall–Kier alpha value is -1.71. The minimum atomic E-state index is -0.628. The van der Waals surface area contributed by atoms with Crippen LogP contribution in [0.4, 0.5) is 4.39 Å². The maximum atomic E-state index is 14.5. The Morgan fingerprint density at radius 3 is 2.93 bits per heavy atom. The molecule has 1 aliphatic rings. The van der Waals surface area contributed by atoms with Gasteiger partial charge < -0.3 is 14.2 Å². The van der Waals surface area contributed by atoms with Gasteiger partial charge in [-0.15, -0.1) is 0 Å². The summed E-state index contributed by atoms with van der Waals surface area (Å²) in [5.41, 5.74) is 1.82. The molecule has 0 amide bonds. The van der Waals surface area contributed by atoms with Gasteiger partial charge in [0.2, 0.25) is 0 Å². The predicted molar refractivity (Wildman–Crippen MR) is 117 cm³/mol. The van der Waals surface area contributed by atoms with E-state index < -0.39 is 5.79 Å². The van der Waals surface area contributed by atoms with Gasteiger partial charge in [0.15, 0.2) is 11.6 Å². The molecular weight excluding hydrogens is 473 g/mol. The average molecular weight is 494 g/mol. The van der Waals surface area contributed by atoms with Crippen molar-refractivity contribution < 1.29 is 23.4 Å². The highest BCUT2D eigenvalue weighted by Crippen LogP contribution is 2.30. The quantitative estimate of drug-likeness (QED) is 0.426. The first-order chi connectivity index (χ1) is 14.3. The molecular formula is C22H21BrFNO4S. The molecule has 1 saturated heterocycles. The van der Waals surface area contributed by atoms with E-state index in [2.05, 4.69) is 20.3 Å². The number of carbonyl (C=O) groups is 1. The highest BCUT2D eigenvalue weighted by Gasteiger charge is 2.32. The van der Waals surface area contributed by atoms with Crippen LogP contribution in [-0.4, -0.2) is 41.9 Å². The molecule has 1 aliphatic heterocycles. The molecule has 2 heterocycles. The third-order valence-electron chi connectivity index (χ3n) is 4.91. The monoisotopic (exact) mass is 493 g/mol. The fraction of sp³-hybridized carbons (Fsp3) is 0.364. The van der Waals surface area contributed by atoms with Gasteiger partial charge in [-0.2, -0.15) is 4.37 Å². The lowest BCUT2D eigenvalue weighted by atomic mass is 9.96. The number of ketones is 1. The molecule has 0 unspecified atom stereocenters. The summed E-state index contributed by atoms with van der Waals surface area (Å²) in [5, 5.41) is 0.934. The second kappa shape index (κ2) is 8.80. The standard InChI is InChI=1S/C22H21BrFNO4S/c1-22(2)28-11-16(29-22)10-27-12-20(26)17-6-4-14-9-25-30-21(14)18(17)7-13-3-5-15(23)8-19(13)24/h3-6,8-9,16H,7,10-12H2,1-2H3/t16-/m0/s1. The van der Waals surface area contributed by atoms with Crippen LogP contribution in [-0.2, 0) is 20.6 Å². The van der Waals surface area contributed by atoms with Crippen molar-refractivity contribution in [2.24, 2.45) is 0 Å². The van der Waals surface area contributed by atoms with E-state index in [0.29, 0.717) is 28.6 Å². The van der Waals surface area contributed by atoms with E-state index in [1.807, 2.05) is 19.9 Å². The van der Waals surface area contributed by atoms with Crippen LogP contribution in [0.5, 0.6) is 0 Å². The van der Waals surface area contributed by atoms with E-state index in [0.717, 1.165) is 15.6 Å². The van der Waals surface area contributed by atoms with Gasteiger partial charge >= 0.3 is 0 Å². The van der Waals surface area contributed by atoms with Crippen LogP contribution in [0.2, 0.25) is 0 Å². The van der Waals surface area contributed by atoms with Gasteiger partial charge in [0.1, 0.15) is 18.5 Å². The van der Waals surface area contributed by atoms with Gasteiger partial charge in [-0.05, 0) is 48.6 Å². The van der Waals surface area contributed by atoms with Gasteiger partial charge in [-0.25, -0.2) is 4.39 Å². The van der Waals surface area contributed by atoms with Gasteiger partial charge in [0.25, 0.3) is 0 Å². The van der Waals surface area contributed by atoms with Crippen molar-refractivity contribution in [3.8, 4) is 0 Å². The molecule has 4 rings (SSSR count). The first kappa shape index (κ1) is 21.5. The SMILES string of the molecule is CC1(C)OC[C@H](COCC(=O)c2ccc3cnsc3c2Cc2ccc(Br)cc2F)O1. The second-order valence-electron chi connectivity index (χ2n) is 7.64. The van der Waals surface area contributed by atoms with Crippen LogP contribution >= 0.6 is 27.5 Å². The molecule has 3 aromatic rings. The second-order valence-corrected chi connectivity index (χ2v) is 9.35. The molecule has 0 saturated carbocycles. The smallest absolute Gasteiger partial charge is 0.188 e. The van der Waals surface area contributed by atoms with Crippen molar-refractivity contribution in [1.29, 1.82) is 0 Å².